The van der Waals surface area contributed by atoms with Crippen molar-refractivity contribution in [2.24, 2.45) is 5.73 Å². The normalized spacial score (nSPS) is 16.0. The van der Waals surface area contributed by atoms with Gasteiger partial charge in [-0.15, -0.1) is 0 Å². The highest BCUT2D eigenvalue weighted by molar-refractivity contribution is 7.92. The molecule has 0 radical (unpaired) electrons. The maximum atomic E-state index is 12.7. The SMILES string of the molecule is C=CC(=O)N1CCCC(n2cc(C(N)=O)c(-c3ccc(NS(=O)(=O)c4ccc(C)cc4)cc3)n2)C1. The summed E-state index contributed by atoms with van der Waals surface area (Å²) in [5, 5.41) is 4.62. The van der Waals surface area contributed by atoms with E-state index in [0.29, 0.717) is 30.0 Å². The van der Waals surface area contributed by atoms with Crippen molar-refractivity contribution in [1.82, 2.24) is 14.7 Å². The summed E-state index contributed by atoms with van der Waals surface area (Å²) in [6, 6.07) is 13.0. The number of aryl methyl sites for hydroxylation is 1. The average Bonchev–Trinajstić information content (AvgIpc) is 3.30. The van der Waals surface area contributed by atoms with Crippen molar-refractivity contribution in [2.45, 2.75) is 30.7 Å². The van der Waals surface area contributed by atoms with E-state index in [0.717, 1.165) is 18.4 Å². The van der Waals surface area contributed by atoms with Gasteiger partial charge in [-0.05, 0) is 50.1 Å². The van der Waals surface area contributed by atoms with Crippen LogP contribution in [-0.4, -0.2) is 48.0 Å². The summed E-state index contributed by atoms with van der Waals surface area (Å²) in [6.07, 6.45) is 4.51. The molecule has 1 aliphatic rings. The first-order valence-corrected chi connectivity index (χ1v) is 12.7. The summed E-state index contributed by atoms with van der Waals surface area (Å²) in [4.78, 5) is 26.1. The number of rotatable bonds is 7. The molecule has 3 N–H and O–H groups in total. The van der Waals surface area contributed by atoms with E-state index in [-0.39, 0.29) is 22.4 Å². The van der Waals surface area contributed by atoms with Crippen molar-refractivity contribution in [3.8, 4) is 11.3 Å². The highest BCUT2D eigenvalue weighted by Crippen LogP contribution is 2.28. The standard InChI is InChI=1S/C25H27N5O4S/c1-3-23(31)29-14-4-5-20(15-29)30-16-22(25(26)32)24(27-30)18-8-10-19(11-9-18)28-35(33,34)21-12-6-17(2)7-13-21/h3,6-13,16,20,28H,1,4-5,14-15H2,2H3,(H2,26,32). The van der Waals surface area contributed by atoms with Gasteiger partial charge < -0.3 is 10.6 Å². The van der Waals surface area contributed by atoms with Gasteiger partial charge in [0.1, 0.15) is 5.69 Å². The molecule has 10 heteroatoms. The van der Waals surface area contributed by atoms with Gasteiger partial charge in [0.2, 0.25) is 5.91 Å². The van der Waals surface area contributed by atoms with Crippen molar-refractivity contribution in [3.63, 3.8) is 0 Å². The van der Waals surface area contributed by atoms with Gasteiger partial charge in [-0.3, -0.25) is 19.0 Å². The van der Waals surface area contributed by atoms with Gasteiger partial charge in [0, 0.05) is 30.5 Å². The molecule has 2 heterocycles. The molecule has 4 rings (SSSR count). The number of sulfonamides is 1. The molecular weight excluding hydrogens is 466 g/mol. The minimum Gasteiger partial charge on any atom is -0.365 e. The number of anilines is 1. The lowest BCUT2D eigenvalue weighted by molar-refractivity contribution is -0.127. The van der Waals surface area contributed by atoms with Gasteiger partial charge in [0.25, 0.3) is 15.9 Å². The third kappa shape index (κ3) is 5.27. The molecule has 1 aromatic heterocycles. The van der Waals surface area contributed by atoms with Crippen LogP contribution in [0.5, 0.6) is 0 Å². The molecule has 1 atom stereocenters. The van der Waals surface area contributed by atoms with Crippen LogP contribution in [0.2, 0.25) is 0 Å². The molecule has 0 bridgehead atoms. The number of carbonyl (C=O) groups excluding carboxylic acids is 2. The summed E-state index contributed by atoms with van der Waals surface area (Å²) in [7, 11) is -3.74. The number of hydrogen-bond acceptors (Lipinski definition) is 5. The van der Waals surface area contributed by atoms with Crippen molar-refractivity contribution < 1.29 is 18.0 Å². The number of nitrogens with zero attached hydrogens (tertiary/aromatic N) is 3. The number of nitrogens with two attached hydrogens (primary N) is 1. The number of hydrogen-bond donors (Lipinski definition) is 2. The highest BCUT2D eigenvalue weighted by Gasteiger charge is 2.26. The quantitative estimate of drug-likeness (QED) is 0.489. The number of likely N-dealkylation sites (tertiary alicyclic amines) is 1. The lowest BCUT2D eigenvalue weighted by Gasteiger charge is -2.32. The Balaban J connectivity index is 1.57. The summed E-state index contributed by atoms with van der Waals surface area (Å²) < 4.78 is 29.6. The van der Waals surface area contributed by atoms with E-state index < -0.39 is 15.9 Å². The van der Waals surface area contributed by atoms with Crippen LogP contribution in [0, 0.1) is 6.92 Å². The van der Waals surface area contributed by atoms with Crippen molar-refractivity contribution in [1.29, 1.82) is 0 Å². The molecule has 0 spiro atoms. The number of piperidine rings is 1. The molecule has 9 nitrogen and oxygen atoms in total. The fourth-order valence-corrected chi connectivity index (χ4v) is 5.16. The maximum Gasteiger partial charge on any atom is 0.261 e. The Bertz CT molecular complexity index is 1360. The summed E-state index contributed by atoms with van der Waals surface area (Å²) in [5.74, 6) is -0.758. The Morgan fingerprint density at radius 3 is 2.46 bits per heavy atom. The van der Waals surface area contributed by atoms with Gasteiger partial charge in [-0.2, -0.15) is 5.10 Å². The first-order chi connectivity index (χ1) is 16.7. The summed E-state index contributed by atoms with van der Waals surface area (Å²) in [5.41, 5.74) is 8.23. The molecule has 1 fully saturated rings. The van der Waals surface area contributed by atoms with Crippen LogP contribution in [0.1, 0.15) is 34.8 Å². The minimum atomic E-state index is -3.74. The Morgan fingerprint density at radius 2 is 1.83 bits per heavy atom. The van der Waals surface area contributed by atoms with E-state index >= 15 is 0 Å². The summed E-state index contributed by atoms with van der Waals surface area (Å²) >= 11 is 0. The van der Waals surface area contributed by atoms with Gasteiger partial charge in [0.15, 0.2) is 0 Å². The van der Waals surface area contributed by atoms with Crippen LogP contribution in [0.25, 0.3) is 11.3 Å². The lowest BCUT2D eigenvalue weighted by Crippen LogP contribution is -2.40. The zero-order chi connectivity index (χ0) is 25.2. The van der Waals surface area contributed by atoms with Gasteiger partial charge in [-0.1, -0.05) is 36.4 Å². The molecule has 1 unspecified atom stereocenters. The van der Waals surface area contributed by atoms with Crippen LogP contribution in [0.4, 0.5) is 5.69 Å². The van der Waals surface area contributed by atoms with E-state index in [2.05, 4.69) is 16.4 Å². The van der Waals surface area contributed by atoms with Crippen LogP contribution < -0.4 is 10.5 Å². The topological polar surface area (TPSA) is 127 Å². The molecule has 1 saturated heterocycles. The van der Waals surface area contributed by atoms with Gasteiger partial charge in [-0.25, -0.2) is 8.42 Å². The van der Waals surface area contributed by atoms with E-state index in [9.17, 15) is 18.0 Å². The second-order valence-electron chi connectivity index (χ2n) is 8.52. The largest absolute Gasteiger partial charge is 0.365 e. The second kappa shape index (κ2) is 9.75. The van der Waals surface area contributed by atoms with E-state index in [1.54, 1.807) is 64.3 Å². The molecule has 2 amide bonds. The smallest absolute Gasteiger partial charge is 0.261 e. The Labute approximate surface area is 204 Å². The molecular formula is C25H27N5O4S. The van der Waals surface area contributed by atoms with Crippen molar-refractivity contribution in [2.75, 3.05) is 17.8 Å². The van der Waals surface area contributed by atoms with Crippen LogP contribution in [0.3, 0.4) is 0 Å². The molecule has 0 aliphatic carbocycles. The first kappa shape index (κ1) is 24.2. The number of benzene rings is 2. The number of carbonyl (C=O) groups is 2. The van der Waals surface area contributed by atoms with E-state index in [1.165, 1.54) is 6.08 Å². The van der Waals surface area contributed by atoms with Gasteiger partial charge >= 0.3 is 0 Å². The van der Waals surface area contributed by atoms with Crippen LogP contribution >= 0.6 is 0 Å². The molecule has 0 saturated carbocycles. The third-order valence-corrected chi connectivity index (χ3v) is 7.39. The third-order valence-electron chi connectivity index (χ3n) is 6.00. The zero-order valence-corrected chi connectivity index (χ0v) is 20.2. The Morgan fingerprint density at radius 1 is 1.14 bits per heavy atom. The molecule has 2 aromatic carbocycles. The van der Waals surface area contributed by atoms with E-state index in [4.69, 9.17) is 5.73 Å². The average molecular weight is 494 g/mol. The minimum absolute atomic E-state index is 0.0971. The monoisotopic (exact) mass is 493 g/mol. The van der Waals surface area contributed by atoms with Crippen LogP contribution in [-0.2, 0) is 14.8 Å². The highest BCUT2D eigenvalue weighted by atomic mass is 32.2. The predicted molar refractivity (Wildman–Crippen MR) is 133 cm³/mol. The second-order valence-corrected chi connectivity index (χ2v) is 10.2. The van der Waals surface area contributed by atoms with Crippen molar-refractivity contribution >= 4 is 27.5 Å². The zero-order valence-electron chi connectivity index (χ0n) is 19.3. The maximum absolute atomic E-state index is 12.7. The van der Waals surface area contributed by atoms with E-state index in [1.807, 2.05) is 6.92 Å². The molecule has 182 valence electrons. The van der Waals surface area contributed by atoms with Crippen molar-refractivity contribution in [3.05, 3.63) is 78.5 Å². The molecule has 35 heavy (non-hydrogen) atoms. The fraction of sp³-hybridized carbons (Fsp3) is 0.240. The predicted octanol–water partition coefficient (Wildman–Crippen LogP) is 3.11. The molecule has 3 aromatic rings. The summed E-state index contributed by atoms with van der Waals surface area (Å²) in [6.45, 7) is 6.54. The lowest BCUT2D eigenvalue weighted by atomic mass is 10.1. The van der Waals surface area contributed by atoms with Gasteiger partial charge in [0.05, 0.1) is 16.5 Å². The number of primary amides is 1. The number of aromatic nitrogens is 2. The number of nitrogens with one attached hydrogen (secondary N) is 1. The Hall–Kier alpha value is -3.92. The molecule has 1 aliphatic heterocycles. The Kier molecular flexibility index (Phi) is 6.74. The first-order valence-electron chi connectivity index (χ1n) is 11.2. The fourth-order valence-electron chi connectivity index (χ4n) is 4.10. The number of amides is 2. The van der Waals surface area contributed by atoms with Crippen LogP contribution in [0.15, 0.2) is 72.3 Å².